The van der Waals surface area contributed by atoms with Crippen LogP contribution in [0.1, 0.15) is 54.0 Å². The molecule has 1 aliphatic heterocycles. The van der Waals surface area contributed by atoms with Gasteiger partial charge in [-0.05, 0) is 44.0 Å². The highest BCUT2D eigenvalue weighted by Gasteiger charge is 2.32. The monoisotopic (exact) mass is 383 g/mol. The van der Waals surface area contributed by atoms with Gasteiger partial charge < -0.3 is 9.64 Å². The third-order valence-corrected chi connectivity index (χ3v) is 6.16. The Labute approximate surface area is 164 Å². The number of carbonyl (C=O) groups excluding carboxylic acids is 1. The number of aryl methyl sites for hydroxylation is 1. The molecule has 0 aliphatic carbocycles. The summed E-state index contributed by atoms with van der Waals surface area (Å²) in [7, 11) is 0. The Bertz CT molecular complexity index is 884. The number of hydrogen-bond donors (Lipinski definition) is 0. The van der Waals surface area contributed by atoms with E-state index in [9.17, 15) is 10.1 Å². The van der Waals surface area contributed by atoms with E-state index in [4.69, 9.17) is 4.74 Å². The van der Waals surface area contributed by atoms with E-state index in [1.54, 1.807) is 6.92 Å². The van der Waals surface area contributed by atoms with E-state index in [1.807, 2.05) is 13.0 Å². The van der Waals surface area contributed by atoms with Gasteiger partial charge in [0.25, 0.3) is 0 Å². The lowest BCUT2D eigenvalue weighted by molar-refractivity contribution is 0.102. The first-order valence-corrected chi connectivity index (χ1v) is 10.1. The fraction of sp³-hybridized carbons (Fsp3) is 0.476. The van der Waals surface area contributed by atoms with Crippen LogP contribution in [0.4, 0.5) is 5.69 Å². The van der Waals surface area contributed by atoms with Crippen LogP contribution in [0.3, 0.4) is 0 Å². The number of benzene rings is 1. The number of nitrogens with zero attached hydrogens (tertiary/aromatic N) is 3. The first kappa shape index (κ1) is 19.5. The highest BCUT2D eigenvalue weighted by atomic mass is 32.1. The first-order valence-electron chi connectivity index (χ1n) is 9.32. The predicted molar refractivity (Wildman–Crippen MR) is 109 cm³/mol. The molecule has 0 amide bonds. The fourth-order valence-electron chi connectivity index (χ4n) is 3.48. The number of nitriles is 1. The van der Waals surface area contributed by atoms with Gasteiger partial charge in [0.05, 0.1) is 29.2 Å². The minimum absolute atomic E-state index is 0.0411. The van der Waals surface area contributed by atoms with Gasteiger partial charge in [0.2, 0.25) is 0 Å². The van der Waals surface area contributed by atoms with Crippen LogP contribution in [0.2, 0.25) is 0 Å². The van der Waals surface area contributed by atoms with Crippen LogP contribution < -0.4 is 4.90 Å². The smallest absolute Gasteiger partial charge is 0.171 e. The Balaban J connectivity index is 1.90. The molecule has 2 aromatic rings. The standard InChI is InChI=1S/C21H25N3O2S/c1-5-8-26-12-13(2)24-11-17(10-22)18-9-16(6-7-19(18)24)21-23-14(3)20(27-21)15(4)25/h6-7,9,13,17H,5,8,11-12H2,1-4H3. The van der Waals surface area contributed by atoms with Gasteiger partial charge in [0.1, 0.15) is 5.01 Å². The highest BCUT2D eigenvalue weighted by molar-refractivity contribution is 7.17. The number of fused-ring (bicyclic) bond motifs is 1. The highest BCUT2D eigenvalue weighted by Crippen LogP contribution is 2.40. The number of aromatic nitrogens is 1. The molecular weight excluding hydrogens is 358 g/mol. The van der Waals surface area contributed by atoms with Gasteiger partial charge in [-0.2, -0.15) is 5.26 Å². The number of hydrogen-bond acceptors (Lipinski definition) is 6. The maximum absolute atomic E-state index is 11.7. The normalized spacial score (nSPS) is 16.9. The van der Waals surface area contributed by atoms with Gasteiger partial charge in [-0.25, -0.2) is 4.98 Å². The Morgan fingerprint density at radius 2 is 2.30 bits per heavy atom. The second-order valence-electron chi connectivity index (χ2n) is 7.02. The summed E-state index contributed by atoms with van der Waals surface area (Å²) in [6, 6.07) is 8.81. The zero-order valence-electron chi connectivity index (χ0n) is 16.3. The van der Waals surface area contributed by atoms with Crippen molar-refractivity contribution in [2.75, 3.05) is 24.7 Å². The molecule has 0 fully saturated rings. The molecule has 2 unspecified atom stereocenters. The van der Waals surface area contributed by atoms with Crippen LogP contribution in [0.15, 0.2) is 18.2 Å². The van der Waals surface area contributed by atoms with Crippen LogP contribution in [-0.4, -0.2) is 36.6 Å². The van der Waals surface area contributed by atoms with Crippen molar-refractivity contribution < 1.29 is 9.53 Å². The number of Topliss-reactive ketones (excluding diaryl/α,β-unsaturated/α-hetero) is 1. The fourth-order valence-corrected chi connectivity index (χ4v) is 4.44. The van der Waals surface area contributed by atoms with E-state index >= 15 is 0 Å². The second-order valence-corrected chi connectivity index (χ2v) is 8.02. The number of thiazole rings is 1. The summed E-state index contributed by atoms with van der Waals surface area (Å²) in [4.78, 5) is 19.3. The molecular formula is C21H25N3O2S. The largest absolute Gasteiger partial charge is 0.379 e. The molecule has 142 valence electrons. The number of anilines is 1. The molecule has 0 N–H and O–H groups in total. The van der Waals surface area contributed by atoms with Crippen molar-refractivity contribution in [2.45, 2.75) is 46.1 Å². The van der Waals surface area contributed by atoms with Crippen LogP contribution in [0.25, 0.3) is 10.6 Å². The number of ether oxygens (including phenoxy) is 1. The summed E-state index contributed by atoms with van der Waals surface area (Å²) in [6.45, 7) is 9.76. The molecule has 5 nitrogen and oxygen atoms in total. The van der Waals surface area contributed by atoms with Crippen molar-refractivity contribution >= 4 is 22.8 Å². The number of rotatable bonds is 7. The molecule has 0 spiro atoms. The summed E-state index contributed by atoms with van der Waals surface area (Å²) in [5.41, 5.74) is 3.86. The van der Waals surface area contributed by atoms with Crippen LogP contribution >= 0.6 is 11.3 Å². The van der Waals surface area contributed by atoms with Crippen molar-refractivity contribution in [3.05, 3.63) is 34.3 Å². The summed E-state index contributed by atoms with van der Waals surface area (Å²) < 4.78 is 5.71. The lowest BCUT2D eigenvalue weighted by Crippen LogP contribution is -2.35. The zero-order chi connectivity index (χ0) is 19.6. The van der Waals surface area contributed by atoms with E-state index in [-0.39, 0.29) is 17.7 Å². The van der Waals surface area contributed by atoms with Gasteiger partial charge in [-0.15, -0.1) is 11.3 Å². The minimum Gasteiger partial charge on any atom is -0.379 e. The van der Waals surface area contributed by atoms with Crippen LogP contribution in [-0.2, 0) is 4.74 Å². The van der Waals surface area contributed by atoms with Gasteiger partial charge >= 0.3 is 0 Å². The summed E-state index contributed by atoms with van der Waals surface area (Å²) in [5.74, 6) is -0.124. The maximum atomic E-state index is 11.7. The third-order valence-electron chi connectivity index (χ3n) is 4.85. The third kappa shape index (κ3) is 3.90. The van der Waals surface area contributed by atoms with Gasteiger partial charge in [0, 0.05) is 37.4 Å². The maximum Gasteiger partial charge on any atom is 0.171 e. The van der Waals surface area contributed by atoms with E-state index in [0.29, 0.717) is 18.0 Å². The average Bonchev–Trinajstić information content (AvgIpc) is 3.22. The molecule has 0 saturated heterocycles. The summed E-state index contributed by atoms with van der Waals surface area (Å²) in [5, 5.41) is 10.5. The molecule has 3 rings (SSSR count). The zero-order valence-corrected chi connectivity index (χ0v) is 17.1. The van der Waals surface area contributed by atoms with Crippen molar-refractivity contribution in [3.63, 3.8) is 0 Å². The molecule has 0 bridgehead atoms. The topological polar surface area (TPSA) is 66.2 Å². The van der Waals surface area contributed by atoms with Gasteiger partial charge in [0.15, 0.2) is 5.78 Å². The lowest BCUT2D eigenvalue weighted by Gasteiger charge is -2.27. The second kappa shape index (κ2) is 8.20. The molecule has 2 atom stereocenters. The molecule has 2 heterocycles. The predicted octanol–water partition coefficient (Wildman–Crippen LogP) is 4.56. The van der Waals surface area contributed by atoms with Crippen LogP contribution in [0, 0.1) is 18.3 Å². The van der Waals surface area contributed by atoms with Crippen molar-refractivity contribution in [1.29, 1.82) is 5.26 Å². The SMILES string of the molecule is CCCOCC(C)N1CC(C#N)c2cc(-c3nc(C)c(C(C)=O)s3)ccc21. The number of carbonyl (C=O) groups is 1. The Kier molecular flexibility index (Phi) is 5.93. The van der Waals surface area contributed by atoms with Crippen LogP contribution in [0.5, 0.6) is 0 Å². The van der Waals surface area contributed by atoms with Crippen molar-refractivity contribution in [3.8, 4) is 16.6 Å². The van der Waals surface area contributed by atoms with E-state index < -0.39 is 0 Å². The van der Waals surface area contributed by atoms with E-state index in [2.05, 4.69) is 41.9 Å². The molecule has 1 aromatic heterocycles. The number of ketones is 1. The summed E-state index contributed by atoms with van der Waals surface area (Å²) in [6.07, 6.45) is 1.00. The Morgan fingerprint density at radius 3 is 2.93 bits per heavy atom. The minimum atomic E-state index is -0.165. The Hall–Kier alpha value is -2.23. The average molecular weight is 384 g/mol. The van der Waals surface area contributed by atoms with Crippen molar-refractivity contribution in [2.24, 2.45) is 0 Å². The molecule has 6 heteroatoms. The Morgan fingerprint density at radius 1 is 1.52 bits per heavy atom. The first-order chi connectivity index (χ1) is 13.0. The van der Waals surface area contributed by atoms with E-state index in [1.165, 1.54) is 11.3 Å². The van der Waals surface area contributed by atoms with Crippen molar-refractivity contribution in [1.82, 2.24) is 4.98 Å². The van der Waals surface area contributed by atoms with Gasteiger partial charge in [-0.1, -0.05) is 6.92 Å². The molecule has 1 aliphatic rings. The molecule has 1 aromatic carbocycles. The molecule has 27 heavy (non-hydrogen) atoms. The van der Waals surface area contributed by atoms with Gasteiger partial charge in [-0.3, -0.25) is 4.79 Å². The molecule has 0 radical (unpaired) electrons. The van der Waals surface area contributed by atoms with E-state index in [0.717, 1.165) is 40.5 Å². The lowest BCUT2D eigenvalue weighted by atomic mass is 10.0. The summed E-state index contributed by atoms with van der Waals surface area (Å²) >= 11 is 1.42. The quantitative estimate of drug-likeness (QED) is 0.518. The molecule has 0 saturated carbocycles.